The van der Waals surface area contributed by atoms with Crippen LogP contribution < -0.4 is 15.6 Å². The number of aryl methyl sites for hydroxylation is 1. The quantitative estimate of drug-likeness (QED) is 0.783. The van der Waals surface area contributed by atoms with Crippen LogP contribution in [0.5, 0.6) is 5.75 Å². The largest absolute Gasteiger partial charge is 0.494 e. The van der Waals surface area contributed by atoms with Gasteiger partial charge in [0.1, 0.15) is 5.82 Å². The molecule has 0 saturated carbocycles. The van der Waals surface area contributed by atoms with Crippen molar-refractivity contribution in [1.82, 2.24) is 9.78 Å². The zero-order chi connectivity index (χ0) is 18.7. The first kappa shape index (κ1) is 17.3. The highest BCUT2D eigenvalue weighted by Crippen LogP contribution is 2.18. The number of nitrogens with zero attached hydrogens (tertiary/aromatic N) is 2. The summed E-state index contributed by atoms with van der Waals surface area (Å²) in [5, 5.41) is 6.55. The Morgan fingerprint density at radius 3 is 2.50 bits per heavy atom. The summed E-state index contributed by atoms with van der Waals surface area (Å²) in [6.45, 7) is 1.92. The van der Waals surface area contributed by atoms with E-state index in [-0.39, 0.29) is 17.1 Å². The van der Waals surface area contributed by atoms with Gasteiger partial charge in [0.25, 0.3) is 11.5 Å². The summed E-state index contributed by atoms with van der Waals surface area (Å²) in [7, 11) is 1.33. The third-order valence-corrected chi connectivity index (χ3v) is 3.73. The Labute approximate surface area is 148 Å². The number of rotatable bonds is 4. The van der Waals surface area contributed by atoms with Gasteiger partial charge in [-0.2, -0.15) is 9.78 Å². The van der Waals surface area contributed by atoms with E-state index < -0.39 is 17.3 Å². The smallest absolute Gasteiger partial charge is 0.280 e. The number of hydrogen-bond acceptors (Lipinski definition) is 4. The lowest BCUT2D eigenvalue weighted by molar-refractivity contribution is 0.101. The van der Waals surface area contributed by atoms with Crippen LogP contribution in [-0.2, 0) is 0 Å². The lowest BCUT2D eigenvalue weighted by Gasteiger charge is -2.12. The molecule has 7 heteroatoms. The van der Waals surface area contributed by atoms with Crippen LogP contribution in [0.25, 0.3) is 5.69 Å². The summed E-state index contributed by atoms with van der Waals surface area (Å²) in [6.07, 6.45) is 0. The molecule has 0 aliphatic heterocycles. The molecule has 1 aromatic heterocycles. The van der Waals surface area contributed by atoms with Crippen molar-refractivity contribution < 1.29 is 13.9 Å². The van der Waals surface area contributed by atoms with Crippen LogP contribution in [0.4, 0.5) is 10.1 Å². The minimum absolute atomic E-state index is 0.00667. The van der Waals surface area contributed by atoms with E-state index in [1.54, 1.807) is 18.2 Å². The van der Waals surface area contributed by atoms with Crippen molar-refractivity contribution in [3.63, 3.8) is 0 Å². The molecule has 3 rings (SSSR count). The monoisotopic (exact) mass is 353 g/mol. The fourth-order valence-corrected chi connectivity index (χ4v) is 2.37. The number of benzene rings is 2. The van der Waals surface area contributed by atoms with Gasteiger partial charge in [-0.05, 0) is 31.2 Å². The summed E-state index contributed by atoms with van der Waals surface area (Å²) >= 11 is 0. The fourth-order valence-electron chi connectivity index (χ4n) is 2.37. The number of halogens is 1. The second-order valence-corrected chi connectivity index (χ2v) is 5.58. The first-order valence-corrected chi connectivity index (χ1v) is 7.81. The highest BCUT2D eigenvalue weighted by atomic mass is 19.1. The number of ether oxygens (including phenoxy) is 1. The normalized spacial score (nSPS) is 10.4. The molecular formula is C19H16FN3O3. The third kappa shape index (κ3) is 3.46. The average molecular weight is 353 g/mol. The first-order valence-electron chi connectivity index (χ1n) is 7.81. The van der Waals surface area contributed by atoms with E-state index in [2.05, 4.69) is 10.4 Å². The molecule has 132 valence electrons. The van der Waals surface area contributed by atoms with Gasteiger partial charge in [0.2, 0.25) is 0 Å². The van der Waals surface area contributed by atoms with E-state index in [9.17, 15) is 14.0 Å². The summed E-state index contributed by atoms with van der Waals surface area (Å²) in [5.41, 5.74) is 0.953. The molecule has 0 unspecified atom stereocenters. The number of methoxy groups -OCH3 is 1. The van der Waals surface area contributed by atoms with Crippen LogP contribution in [0.15, 0.2) is 59.4 Å². The van der Waals surface area contributed by atoms with Crippen LogP contribution in [0, 0.1) is 12.7 Å². The number of carbonyl (C=O) groups is 1. The van der Waals surface area contributed by atoms with E-state index in [1.807, 2.05) is 19.1 Å². The Kier molecular flexibility index (Phi) is 4.79. The molecule has 0 aliphatic rings. The molecule has 0 saturated heterocycles. The Morgan fingerprint density at radius 1 is 1.15 bits per heavy atom. The van der Waals surface area contributed by atoms with E-state index in [1.165, 1.54) is 31.4 Å². The van der Waals surface area contributed by atoms with E-state index in [0.717, 1.165) is 10.2 Å². The van der Waals surface area contributed by atoms with Crippen molar-refractivity contribution in [3.05, 3.63) is 82.0 Å². The van der Waals surface area contributed by atoms with Gasteiger partial charge in [0.05, 0.1) is 24.6 Å². The average Bonchev–Trinajstić information content (AvgIpc) is 2.64. The molecule has 26 heavy (non-hydrogen) atoms. The van der Waals surface area contributed by atoms with Crippen molar-refractivity contribution in [3.8, 4) is 11.4 Å². The number of carbonyl (C=O) groups excluding carboxylic acids is 1. The standard InChI is InChI=1S/C19H16FN3O3/c1-12-7-9-13(10-8-12)23-17(24)11-16(26-2)18(22-23)19(25)21-15-6-4-3-5-14(15)20/h3-11H,1-2H3,(H,21,25). The lowest BCUT2D eigenvalue weighted by atomic mass is 10.2. The Balaban J connectivity index is 2.04. The highest BCUT2D eigenvalue weighted by molar-refractivity contribution is 6.04. The van der Waals surface area contributed by atoms with Crippen LogP contribution in [0.2, 0.25) is 0 Å². The van der Waals surface area contributed by atoms with Crippen molar-refractivity contribution in [2.24, 2.45) is 0 Å². The SMILES string of the molecule is COc1cc(=O)n(-c2ccc(C)cc2)nc1C(=O)Nc1ccccc1F. The second-order valence-electron chi connectivity index (χ2n) is 5.58. The third-order valence-electron chi connectivity index (χ3n) is 3.73. The van der Waals surface area contributed by atoms with Gasteiger partial charge in [-0.3, -0.25) is 9.59 Å². The molecule has 3 aromatic rings. The molecule has 1 heterocycles. The number of anilines is 1. The molecule has 1 amide bonds. The molecule has 0 bridgehead atoms. The summed E-state index contributed by atoms with van der Waals surface area (Å²) in [4.78, 5) is 24.9. The summed E-state index contributed by atoms with van der Waals surface area (Å²) < 4.78 is 20.0. The summed E-state index contributed by atoms with van der Waals surface area (Å²) in [6, 6.07) is 14.0. The minimum atomic E-state index is -0.687. The van der Waals surface area contributed by atoms with E-state index in [4.69, 9.17) is 4.74 Å². The maximum absolute atomic E-state index is 13.8. The van der Waals surface area contributed by atoms with E-state index in [0.29, 0.717) is 5.69 Å². The van der Waals surface area contributed by atoms with Crippen LogP contribution >= 0.6 is 0 Å². The van der Waals surface area contributed by atoms with Crippen molar-refractivity contribution in [1.29, 1.82) is 0 Å². The Morgan fingerprint density at radius 2 is 1.85 bits per heavy atom. The van der Waals surface area contributed by atoms with Crippen molar-refractivity contribution in [2.45, 2.75) is 6.92 Å². The van der Waals surface area contributed by atoms with E-state index >= 15 is 0 Å². The molecule has 6 nitrogen and oxygen atoms in total. The molecule has 0 atom stereocenters. The molecule has 2 aromatic carbocycles. The fraction of sp³-hybridized carbons (Fsp3) is 0.105. The topological polar surface area (TPSA) is 73.2 Å². The van der Waals surface area contributed by atoms with Crippen LogP contribution in [-0.4, -0.2) is 22.8 Å². The Hall–Kier alpha value is -3.48. The maximum Gasteiger partial charge on any atom is 0.280 e. The predicted octanol–water partition coefficient (Wildman–Crippen LogP) is 2.94. The molecule has 0 spiro atoms. The molecule has 0 radical (unpaired) electrons. The van der Waals surface area contributed by atoms with Crippen molar-refractivity contribution >= 4 is 11.6 Å². The lowest BCUT2D eigenvalue weighted by Crippen LogP contribution is -2.26. The minimum Gasteiger partial charge on any atom is -0.494 e. The van der Waals surface area contributed by atoms with Crippen LogP contribution in [0.1, 0.15) is 16.1 Å². The molecule has 0 aliphatic carbocycles. The number of amides is 1. The molecule has 0 fully saturated rings. The number of nitrogens with one attached hydrogen (secondary N) is 1. The number of hydrogen-bond donors (Lipinski definition) is 1. The van der Waals surface area contributed by atoms with Gasteiger partial charge < -0.3 is 10.1 Å². The Bertz CT molecular complexity index is 1010. The second kappa shape index (κ2) is 7.18. The number of para-hydroxylation sites is 1. The molecule has 1 N–H and O–H groups in total. The predicted molar refractivity (Wildman–Crippen MR) is 95.5 cm³/mol. The zero-order valence-corrected chi connectivity index (χ0v) is 14.2. The van der Waals surface area contributed by atoms with Crippen molar-refractivity contribution in [2.75, 3.05) is 12.4 Å². The van der Waals surface area contributed by atoms with Gasteiger partial charge in [-0.1, -0.05) is 29.8 Å². The molecular weight excluding hydrogens is 337 g/mol. The van der Waals surface area contributed by atoms with Gasteiger partial charge in [-0.25, -0.2) is 4.39 Å². The highest BCUT2D eigenvalue weighted by Gasteiger charge is 2.19. The zero-order valence-electron chi connectivity index (χ0n) is 14.2. The number of aromatic nitrogens is 2. The van der Waals surface area contributed by atoms with Gasteiger partial charge in [0.15, 0.2) is 11.4 Å². The van der Waals surface area contributed by atoms with Gasteiger partial charge in [-0.15, -0.1) is 0 Å². The van der Waals surface area contributed by atoms with Crippen LogP contribution in [0.3, 0.4) is 0 Å². The maximum atomic E-state index is 13.8. The van der Waals surface area contributed by atoms with Gasteiger partial charge in [0, 0.05) is 0 Å². The van der Waals surface area contributed by atoms with Gasteiger partial charge >= 0.3 is 0 Å². The first-order chi connectivity index (χ1) is 12.5. The summed E-state index contributed by atoms with van der Waals surface area (Å²) in [5.74, 6) is -1.26.